The van der Waals surface area contributed by atoms with Crippen LogP contribution in [0.3, 0.4) is 0 Å². The van der Waals surface area contributed by atoms with Gasteiger partial charge in [-0.1, -0.05) is 47.0 Å². The Morgan fingerprint density at radius 1 is 1.09 bits per heavy atom. The van der Waals surface area contributed by atoms with Crippen LogP contribution in [-0.2, 0) is 11.2 Å². The van der Waals surface area contributed by atoms with E-state index >= 15 is 0 Å². The van der Waals surface area contributed by atoms with Crippen LogP contribution in [0.15, 0.2) is 42.5 Å². The monoisotopic (exact) mass is 336 g/mol. The standard InChI is InChI=1S/C17H18Cl2N2O/c1-12-2-6-15(7-3-12)21-11-17(22)20-9-8-13-4-5-14(18)10-16(13)19/h2-7,10,21H,8-9,11H2,1H3,(H,20,22). The van der Waals surface area contributed by atoms with E-state index in [2.05, 4.69) is 10.6 Å². The van der Waals surface area contributed by atoms with Crippen LogP contribution in [0.2, 0.25) is 10.0 Å². The van der Waals surface area contributed by atoms with Crippen molar-refractivity contribution in [1.82, 2.24) is 5.32 Å². The van der Waals surface area contributed by atoms with Crippen molar-refractivity contribution in [2.24, 2.45) is 0 Å². The molecule has 0 atom stereocenters. The van der Waals surface area contributed by atoms with Crippen LogP contribution >= 0.6 is 23.2 Å². The van der Waals surface area contributed by atoms with Crippen molar-refractivity contribution < 1.29 is 4.79 Å². The maximum Gasteiger partial charge on any atom is 0.239 e. The average Bonchev–Trinajstić information content (AvgIpc) is 2.49. The van der Waals surface area contributed by atoms with Gasteiger partial charge in [0.15, 0.2) is 0 Å². The van der Waals surface area contributed by atoms with Crippen LogP contribution in [0, 0.1) is 6.92 Å². The highest BCUT2D eigenvalue weighted by atomic mass is 35.5. The van der Waals surface area contributed by atoms with Gasteiger partial charge in [0.25, 0.3) is 0 Å². The molecule has 2 rings (SSSR count). The molecule has 0 aliphatic heterocycles. The number of rotatable bonds is 6. The molecule has 0 fully saturated rings. The van der Waals surface area contributed by atoms with Gasteiger partial charge in [0, 0.05) is 22.3 Å². The number of benzene rings is 2. The molecule has 0 bridgehead atoms. The summed E-state index contributed by atoms with van der Waals surface area (Å²) in [6.45, 7) is 2.81. The van der Waals surface area contributed by atoms with Crippen molar-refractivity contribution in [3.8, 4) is 0 Å². The molecule has 0 radical (unpaired) electrons. The van der Waals surface area contributed by atoms with Crippen LogP contribution in [0.5, 0.6) is 0 Å². The number of hydrogen-bond donors (Lipinski definition) is 2. The predicted octanol–water partition coefficient (Wildman–Crippen LogP) is 4.07. The predicted molar refractivity (Wildman–Crippen MR) is 92.8 cm³/mol. The Morgan fingerprint density at radius 2 is 1.82 bits per heavy atom. The molecule has 0 spiro atoms. The zero-order valence-corrected chi connectivity index (χ0v) is 13.8. The maximum atomic E-state index is 11.8. The quantitative estimate of drug-likeness (QED) is 0.834. The second-order valence-corrected chi connectivity index (χ2v) is 5.90. The van der Waals surface area contributed by atoms with Crippen molar-refractivity contribution in [2.75, 3.05) is 18.4 Å². The van der Waals surface area contributed by atoms with Crippen LogP contribution in [0.25, 0.3) is 0 Å². The first kappa shape index (κ1) is 16.7. The largest absolute Gasteiger partial charge is 0.376 e. The minimum absolute atomic E-state index is 0.0503. The fourth-order valence-corrected chi connectivity index (χ4v) is 2.48. The Kier molecular flexibility index (Phi) is 6.10. The van der Waals surface area contributed by atoms with Gasteiger partial charge in [0.1, 0.15) is 0 Å². The van der Waals surface area contributed by atoms with Crippen molar-refractivity contribution in [2.45, 2.75) is 13.3 Å². The van der Waals surface area contributed by atoms with Gasteiger partial charge in [-0.05, 0) is 43.2 Å². The van der Waals surface area contributed by atoms with Gasteiger partial charge in [0.2, 0.25) is 5.91 Å². The third-order valence-corrected chi connectivity index (χ3v) is 3.82. The van der Waals surface area contributed by atoms with Crippen LogP contribution < -0.4 is 10.6 Å². The highest BCUT2D eigenvalue weighted by Gasteiger charge is 2.04. The number of anilines is 1. The van der Waals surface area contributed by atoms with Crippen molar-refractivity contribution in [3.63, 3.8) is 0 Å². The zero-order chi connectivity index (χ0) is 15.9. The molecule has 0 heterocycles. The summed E-state index contributed by atoms with van der Waals surface area (Å²) in [6.07, 6.45) is 0.673. The molecule has 0 aliphatic carbocycles. The van der Waals surface area contributed by atoms with Gasteiger partial charge in [-0.25, -0.2) is 0 Å². The summed E-state index contributed by atoms with van der Waals surface area (Å²) < 4.78 is 0. The SMILES string of the molecule is Cc1ccc(NCC(=O)NCCc2ccc(Cl)cc2Cl)cc1. The lowest BCUT2D eigenvalue weighted by molar-refractivity contribution is -0.119. The van der Waals surface area contributed by atoms with Gasteiger partial charge >= 0.3 is 0 Å². The van der Waals surface area contributed by atoms with Gasteiger partial charge in [0.05, 0.1) is 6.54 Å². The number of nitrogens with one attached hydrogen (secondary N) is 2. The highest BCUT2D eigenvalue weighted by Crippen LogP contribution is 2.21. The summed E-state index contributed by atoms with van der Waals surface area (Å²) in [6, 6.07) is 13.3. The summed E-state index contributed by atoms with van der Waals surface area (Å²) in [7, 11) is 0. The lowest BCUT2D eigenvalue weighted by Crippen LogP contribution is -2.31. The molecule has 0 aliphatic rings. The minimum Gasteiger partial charge on any atom is -0.376 e. The van der Waals surface area contributed by atoms with E-state index in [4.69, 9.17) is 23.2 Å². The summed E-state index contributed by atoms with van der Waals surface area (Å²) in [5.74, 6) is -0.0503. The number of hydrogen-bond acceptors (Lipinski definition) is 2. The topological polar surface area (TPSA) is 41.1 Å². The van der Waals surface area contributed by atoms with Crippen LogP contribution in [0.4, 0.5) is 5.69 Å². The Labute approximate surface area is 140 Å². The second kappa shape index (κ2) is 8.06. The first-order valence-corrected chi connectivity index (χ1v) is 7.81. The molecule has 5 heteroatoms. The van der Waals surface area contributed by atoms with E-state index in [1.54, 1.807) is 12.1 Å². The zero-order valence-electron chi connectivity index (χ0n) is 12.3. The van der Waals surface area contributed by atoms with E-state index < -0.39 is 0 Å². The lowest BCUT2D eigenvalue weighted by atomic mass is 10.1. The third-order valence-electron chi connectivity index (χ3n) is 3.24. The lowest BCUT2D eigenvalue weighted by Gasteiger charge is -2.09. The van der Waals surface area contributed by atoms with E-state index in [-0.39, 0.29) is 12.5 Å². The van der Waals surface area contributed by atoms with Crippen LogP contribution in [0.1, 0.15) is 11.1 Å². The fourth-order valence-electron chi connectivity index (χ4n) is 1.98. The molecular formula is C17H18Cl2N2O. The number of amides is 1. The average molecular weight is 337 g/mol. The maximum absolute atomic E-state index is 11.8. The summed E-state index contributed by atoms with van der Waals surface area (Å²) in [4.78, 5) is 11.8. The highest BCUT2D eigenvalue weighted by molar-refractivity contribution is 6.35. The molecule has 3 nitrogen and oxygen atoms in total. The Morgan fingerprint density at radius 3 is 2.50 bits per heavy atom. The van der Waals surface area contributed by atoms with E-state index in [9.17, 15) is 4.79 Å². The summed E-state index contributed by atoms with van der Waals surface area (Å²) in [5, 5.41) is 7.18. The molecule has 2 aromatic carbocycles. The molecule has 1 amide bonds. The molecule has 22 heavy (non-hydrogen) atoms. The number of carbonyl (C=O) groups excluding carboxylic acids is 1. The fraction of sp³-hybridized carbons (Fsp3) is 0.235. The second-order valence-electron chi connectivity index (χ2n) is 5.06. The molecule has 0 saturated heterocycles. The van der Waals surface area contributed by atoms with Gasteiger partial charge in [-0.2, -0.15) is 0 Å². The van der Waals surface area contributed by atoms with Gasteiger partial charge in [-0.15, -0.1) is 0 Å². The number of aryl methyl sites for hydroxylation is 1. The van der Waals surface area contributed by atoms with Gasteiger partial charge in [-0.3, -0.25) is 4.79 Å². The molecule has 0 aromatic heterocycles. The number of carbonyl (C=O) groups is 1. The first-order valence-electron chi connectivity index (χ1n) is 7.06. The van der Waals surface area contributed by atoms with Crippen molar-refractivity contribution >= 4 is 34.8 Å². The Balaban J connectivity index is 1.72. The molecule has 0 unspecified atom stereocenters. The molecule has 116 valence electrons. The summed E-state index contributed by atoms with van der Waals surface area (Å²) in [5.41, 5.74) is 3.09. The smallest absolute Gasteiger partial charge is 0.239 e. The molecular weight excluding hydrogens is 319 g/mol. The minimum atomic E-state index is -0.0503. The van der Waals surface area contributed by atoms with E-state index in [1.807, 2.05) is 37.3 Å². The molecule has 2 N–H and O–H groups in total. The third kappa shape index (κ3) is 5.24. The van der Waals surface area contributed by atoms with Crippen molar-refractivity contribution in [1.29, 1.82) is 0 Å². The van der Waals surface area contributed by atoms with E-state index in [0.29, 0.717) is 23.0 Å². The Hall–Kier alpha value is -1.71. The van der Waals surface area contributed by atoms with E-state index in [1.165, 1.54) is 5.56 Å². The summed E-state index contributed by atoms with van der Waals surface area (Å²) >= 11 is 11.9. The molecule has 2 aromatic rings. The first-order chi connectivity index (χ1) is 10.5. The van der Waals surface area contributed by atoms with Crippen LogP contribution in [-0.4, -0.2) is 19.0 Å². The number of halogens is 2. The van der Waals surface area contributed by atoms with Crippen molar-refractivity contribution in [3.05, 3.63) is 63.6 Å². The van der Waals surface area contributed by atoms with E-state index in [0.717, 1.165) is 11.3 Å². The Bertz CT molecular complexity index is 642. The molecule has 0 saturated carbocycles. The normalized spacial score (nSPS) is 10.3. The van der Waals surface area contributed by atoms with Gasteiger partial charge < -0.3 is 10.6 Å².